The molecule has 0 spiro atoms. The minimum atomic E-state index is -0.144. The van der Waals surface area contributed by atoms with Gasteiger partial charge in [0, 0.05) is 37.1 Å². The maximum absolute atomic E-state index is 12.0. The van der Waals surface area contributed by atoms with E-state index in [1.54, 1.807) is 6.20 Å². The quantitative estimate of drug-likeness (QED) is 0.563. The number of rotatable bonds is 1. The molecule has 0 amide bonds. The largest absolute Gasteiger partial charge is 0.388 e. The summed E-state index contributed by atoms with van der Waals surface area (Å²) in [5.41, 5.74) is 5.72. The highest BCUT2D eigenvalue weighted by Crippen LogP contribution is 2.35. The summed E-state index contributed by atoms with van der Waals surface area (Å²) < 4.78 is 1.88. The first-order valence-corrected chi connectivity index (χ1v) is 6.17. The topological polar surface area (TPSA) is 62.2 Å². The molecule has 0 fully saturated rings. The Labute approximate surface area is 121 Å². The normalized spacial score (nSPS) is 11.8. The van der Waals surface area contributed by atoms with Crippen LogP contribution in [-0.2, 0) is 6.42 Å². The molecular formula is C14H13ClN4O. The molecule has 2 N–H and O–H groups in total. The van der Waals surface area contributed by atoms with E-state index in [4.69, 9.17) is 0 Å². The van der Waals surface area contributed by atoms with E-state index in [1.165, 1.54) is 5.56 Å². The van der Waals surface area contributed by atoms with Gasteiger partial charge in [-0.05, 0) is 17.7 Å². The Hall–Kier alpha value is -2.27. The Morgan fingerprint density at radius 3 is 3.05 bits per heavy atom. The lowest BCUT2D eigenvalue weighted by atomic mass is 10.1. The van der Waals surface area contributed by atoms with Gasteiger partial charge >= 0.3 is 0 Å². The zero-order valence-corrected chi connectivity index (χ0v) is 11.6. The zero-order valence-electron chi connectivity index (χ0n) is 10.8. The van der Waals surface area contributed by atoms with Crippen molar-refractivity contribution in [3.8, 4) is 11.3 Å². The highest BCUT2D eigenvalue weighted by atomic mass is 35.5. The first-order valence-electron chi connectivity index (χ1n) is 6.17. The molecule has 0 saturated heterocycles. The van der Waals surface area contributed by atoms with Crippen molar-refractivity contribution in [1.82, 2.24) is 14.4 Å². The van der Waals surface area contributed by atoms with Crippen molar-refractivity contribution in [2.24, 2.45) is 0 Å². The van der Waals surface area contributed by atoms with Crippen LogP contribution in [0, 0.1) is 0 Å². The predicted molar refractivity (Wildman–Crippen MR) is 80.8 cm³/mol. The molecule has 102 valence electrons. The van der Waals surface area contributed by atoms with Crippen molar-refractivity contribution in [2.45, 2.75) is 6.42 Å². The summed E-state index contributed by atoms with van der Waals surface area (Å²) in [6.45, 7) is 0. The van der Waals surface area contributed by atoms with Crippen LogP contribution in [0.3, 0.4) is 0 Å². The van der Waals surface area contributed by atoms with Crippen molar-refractivity contribution >= 4 is 23.7 Å². The van der Waals surface area contributed by atoms with Crippen LogP contribution in [0.2, 0.25) is 0 Å². The molecule has 1 aromatic carbocycles. The second-order valence-electron chi connectivity index (χ2n) is 4.70. The Bertz CT molecular complexity index is 865. The van der Waals surface area contributed by atoms with Gasteiger partial charge in [-0.25, -0.2) is 4.98 Å². The third kappa shape index (κ3) is 1.56. The lowest BCUT2D eigenvalue weighted by Gasteiger charge is -2.04. The smallest absolute Gasteiger partial charge is 0.292 e. The maximum Gasteiger partial charge on any atom is 0.292 e. The summed E-state index contributed by atoms with van der Waals surface area (Å²) in [6, 6.07) is 6.19. The third-order valence-corrected chi connectivity index (χ3v) is 3.68. The molecule has 2 heterocycles. The van der Waals surface area contributed by atoms with Gasteiger partial charge in [-0.3, -0.25) is 9.20 Å². The van der Waals surface area contributed by atoms with E-state index < -0.39 is 0 Å². The molecule has 0 radical (unpaired) electrons. The number of halogens is 1. The van der Waals surface area contributed by atoms with Crippen LogP contribution in [0.5, 0.6) is 0 Å². The van der Waals surface area contributed by atoms with Gasteiger partial charge in [-0.15, -0.1) is 12.4 Å². The van der Waals surface area contributed by atoms with Crippen molar-refractivity contribution in [3.05, 3.63) is 52.2 Å². The number of aromatic nitrogens is 3. The van der Waals surface area contributed by atoms with Gasteiger partial charge in [0.25, 0.3) is 5.56 Å². The zero-order chi connectivity index (χ0) is 13.0. The van der Waals surface area contributed by atoms with Crippen molar-refractivity contribution in [1.29, 1.82) is 0 Å². The number of nitrogens with zero attached hydrogens (tertiary/aromatic N) is 2. The molecule has 2 aromatic heterocycles. The number of anilines is 1. The van der Waals surface area contributed by atoms with Crippen LogP contribution in [0.15, 0.2) is 35.4 Å². The van der Waals surface area contributed by atoms with E-state index in [-0.39, 0.29) is 18.0 Å². The summed E-state index contributed by atoms with van der Waals surface area (Å²) in [5, 5.41) is 3.14. The number of hydrogen-bond acceptors (Lipinski definition) is 3. The summed E-state index contributed by atoms with van der Waals surface area (Å²) in [5.74, 6) is 0. The Balaban J connectivity index is 0.00000121. The molecule has 0 unspecified atom stereocenters. The third-order valence-electron chi connectivity index (χ3n) is 3.68. The van der Waals surface area contributed by atoms with Crippen LogP contribution in [0.4, 0.5) is 5.69 Å². The molecule has 4 rings (SSSR count). The van der Waals surface area contributed by atoms with Crippen molar-refractivity contribution in [2.75, 3.05) is 12.4 Å². The fraction of sp³-hybridized carbons (Fsp3) is 0.143. The lowest BCUT2D eigenvalue weighted by Crippen LogP contribution is -2.13. The average Bonchev–Trinajstić information content (AvgIpc) is 3.02. The molecule has 0 atom stereocenters. The van der Waals surface area contributed by atoms with Gasteiger partial charge < -0.3 is 10.3 Å². The fourth-order valence-electron chi connectivity index (χ4n) is 2.77. The number of imidazole rings is 1. The summed E-state index contributed by atoms with van der Waals surface area (Å²) >= 11 is 0. The lowest BCUT2D eigenvalue weighted by molar-refractivity contribution is 1.00. The first kappa shape index (κ1) is 12.7. The minimum absolute atomic E-state index is 0. The van der Waals surface area contributed by atoms with Gasteiger partial charge in [0.2, 0.25) is 5.65 Å². The fourth-order valence-corrected chi connectivity index (χ4v) is 2.77. The average molecular weight is 289 g/mol. The number of fused-ring (bicyclic) bond motifs is 5. The second-order valence-corrected chi connectivity index (χ2v) is 4.70. The Kier molecular flexibility index (Phi) is 2.79. The maximum atomic E-state index is 12.0. The van der Waals surface area contributed by atoms with Gasteiger partial charge in [0.05, 0.1) is 11.4 Å². The number of benzene rings is 1. The number of aromatic amines is 1. The van der Waals surface area contributed by atoms with E-state index >= 15 is 0 Å². The standard InChI is InChI=1S/C14H12N4O.ClH/c1-15-9-2-3-10-8(6-9)7-11-12(10)17-14(19)13-16-4-5-18(11)13;/h2-6,15H,7H2,1H3,(H,17,19);1H. The summed E-state index contributed by atoms with van der Waals surface area (Å²) in [4.78, 5) is 19.0. The van der Waals surface area contributed by atoms with E-state index in [2.05, 4.69) is 21.4 Å². The van der Waals surface area contributed by atoms with Gasteiger partial charge in [-0.2, -0.15) is 0 Å². The second kappa shape index (κ2) is 4.38. The number of nitrogens with one attached hydrogen (secondary N) is 2. The van der Waals surface area contributed by atoms with E-state index in [0.717, 1.165) is 29.1 Å². The van der Waals surface area contributed by atoms with Crippen LogP contribution in [0.1, 0.15) is 11.3 Å². The monoisotopic (exact) mass is 288 g/mol. The van der Waals surface area contributed by atoms with E-state index in [9.17, 15) is 4.79 Å². The Morgan fingerprint density at radius 1 is 1.40 bits per heavy atom. The number of hydrogen-bond donors (Lipinski definition) is 2. The number of H-pyrrole nitrogens is 1. The summed E-state index contributed by atoms with van der Waals surface area (Å²) in [6.07, 6.45) is 4.31. The first-order chi connectivity index (χ1) is 9.28. The van der Waals surface area contributed by atoms with Crippen LogP contribution in [0.25, 0.3) is 16.9 Å². The Morgan fingerprint density at radius 2 is 2.25 bits per heavy atom. The van der Waals surface area contributed by atoms with Gasteiger partial charge in [0.15, 0.2) is 0 Å². The molecule has 1 aliphatic rings. The molecule has 20 heavy (non-hydrogen) atoms. The summed E-state index contributed by atoms with van der Waals surface area (Å²) in [7, 11) is 1.90. The predicted octanol–water partition coefficient (Wildman–Crippen LogP) is 2.06. The van der Waals surface area contributed by atoms with Crippen LogP contribution >= 0.6 is 12.4 Å². The van der Waals surface area contributed by atoms with Crippen LogP contribution < -0.4 is 10.9 Å². The van der Waals surface area contributed by atoms with E-state index in [1.807, 2.05) is 29.8 Å². The van der Waals surface area contributed by atoms with Gasteiger partial charge in [0.1, 0.15) is 0 Å². The molecular weight excluding hydrogens is 276 g/mol. The molecule has 5 nitrogen and oxygen atoms in total. The van der Waals surface area contributed by atoms with Crippen molar-refractivity contribution < 1.29 is 0 Å². The molecule has 0 saturated carbocycles. The van der Waals surface area contributed by atoms with Crippen molar-refractivity contribution in [3.63, 3.8) is 0 Å². The SMILES string of the molecule is CNc1ccc2c(c1)Cc1c-2[nH]c(=O)c2nccn12.Cl. The van der Waals surface area contributed by atoms with E-state index in [0.29, 0.717) is 5.65 Å². The molecule has 0 bridgehead atoms. The minimum Gasteiger partial charge on any atom is -0.388 e. The van der Waals surface area contributed by atoms with Crippen LogP contribution in [-0.4, -0.2) is 21.4 Å². The van der Waals surface area contributed by atoms with Gasteiger partial charge in [-0.1, -0.05) is 6.07 Å². The molecule has 0 aliphatic heterocycles. The highest BCUT2D eigenvalue weighted by Gasteiger charge is 2.23. The molecule has 3 aromatic rings. The highest BCUT2D eigenvalue weighted by molar-refractivity contribution is 5.85. The molecule has 6 heteroatoms. The molecule has 1 aliphatic carbocycles.